The summed E-state index contributed by atoms with van der Waals surface area (Å²) in [7, 11) is 0. The first kappa shape index (κ1) is 8.38. The molecule has 68 valence electrons. The predicted octanol–water partition coefficient (Wildman–Crippen LogP) is 0.728. The lowest BCUT2D eigenvalue weighted by Gasteiger charge is -1.99. The van der Waals surface area contributed by atoms with Gasteiger partial charge in [-0.05, 0) is 28.1 Å². The molecule has 5 nitrogen and oxygen atoms in total. The third kappa shape index (κ3) is 1.59. The zero-order valence-corrected chi connectivity index (χ0v) is 7.33. The fraction of sp³-hybridized carbons (Fsp3) is 0.111. The highest BCUT2D eigenvalue weighted by atomic mass is 15.5. The first-order chi connectivity index (χ1) is 6.90. The first-order valence-electron chi connectivity index (χ1n) is 4.09. The minimum Gasteiger partial charge on any atom is -0.201 e. The van der Waals surface area contributed by atoms with Crippen LogP contribution in [0.3, 0.4) is 0 Å². The van der Waals surface area contributed by atoms with Crippen molar-refractivity contribution < 1.29 is 0 Å². The van der Waals surface area contributed by atoms with Crippen LogP contribution in [0.1, 0.15) is 5.56 Å². The molecular weight excluding hydrogens is 178 g/mol. The lowest BCUT2D eigenvalue weighted by molar-refractivity contribution is 0.789. The van der Waals surface area contributed by atoms with E-state index in [4.69, 9.17) is 5.26 Å². The number of hydrogen-bond acceptors (Lipinski definition) is 4. The fourth-order valence-electron chi connectivity index (χ4n) is 1.14. The molecule has 0 saturated carbocycles. The highest BCUT2D eigenvalue weighted by Crippen LogP contribution is 2.07. The van der Waals surface area contributed by atoms with Crippen LogP contribution in [-0.4, -0.2) is 20.2 Å². The van der Waals surface area contributed by atoms with Crippen molar-refractivity contribution in [1.82, 2.24) is 20.2 Å². The van der Waals surface area contributed by atoms with Gasteiger partial charge in [0.1, 0.15) is 6.33 Å². The van der Waals surface area contributed by atoms with E-state index in [0.717, 1.165) is 11.3 Å². The van der Waals surface area contributed by atoms with Crippen molar-refractivity contribution in [3.8, 4) is 11.8 Å². The molecule has 0 spiro atoms. The number of nitrogens with zero attached hydrogens (tertiary/aromatic N) is 5. The normalized spacial score (nSPS) is 9.64. The molecule has 0 radical (unpaired) electrons. The topological polar surface area (TPSA) is 67.4 Å². The Bertz CT molecular complexity index is 437. The van der Waals surface area contributed by atoms with Gasteiger partial charge in [-0.25, -0.2) is 4.68 Å². The molecule has 1 aromatic carbocycles. The average Bonchev–Trinajstić information content (AvgIpc) is 2.72. The van der Waals surface area contributed by atoms with Crippen LogP contribution in [0.4, 0.5) is 0 Å². The fourth-order valence-corrected chi connectivity index (χ4v) is 1.14. The molecule has 1 heterocycles. The van der Waals surface area contributed by atoms with Gasteiger partial charge in [0.25, 0.3) is 0 Å². The first-order valence-corrected chi connectivity index (χ1v) is 4.09. The number of hydrogen-bond donors (Lipinski definition) is 0. The zero-order valence-electron chi connectivity index (χ0n) is 7.33. The Morgan fingerprint density at radius 3 is 2.64 bits per heavy atom. The molecule has 0 unspecified atom stereocenters. The Balaban J connectivity index is 2.27. The van der Waals surface area contributed by atoms with Crippen LogP contribution >= 0.6 is 0 Å². The Kier molecular flexibility index (Phi) is 2.19. The molecule has 0 aliphatic rings. The highest BCUT2D eigenvalue weighted by Gasteiger charge is 1.97. The molecule has 0 saturated heterocycles. The van der Waals surface area contributed by atoms with Crippen LogP contribution in [0.15, 0.2) is 30.6 Å². The van der Waals surface area contributed by atoms with Gasteiger partial charge in [-0.3, -0.25) is 0 Å². The molecular formula is C9H7N5. The summed E-state index contributed by atoms with van der Waals surface area (Å²) in [5, 5.41) is 19.3. The highest BCUT2D eigenvalue weighted by molar-refractivity contribution is 5.33. The lowest BCUT2D eigenvalue weighted by atomic mass is 10.1. The Labute approximate surface area is 80.6 Å². The van der Waals surface area contributed by atoms with E-state index in [1.54, 1.807) is 4.68 Å². The van der Waals surface area contributed by atoms with Crippen LogP contribution in [0.5, 0.6) is 0 Å². The van der Waals surface area contributed by atoms with Crippen molar-refractivity contribution in [3.63, 3.8) is 0 Å². The summed E-state index contributed by atoms with van der Waals surface area (Å²) < 4.78 is 1.57. The molecule has 0 fully saturated rings. The third-order valence-electron chi connectivity index (χ3n) is 1.83. The van der Waals surface area contributed by atoms with Gasteiger partial charge in [0, 0.05) is 0 Å². The van der Waals surface area contributed by atoms with Crippen LogP contribution in [-0.2, 0) is 6.42 Å². The maximum atomic E-state index is 8.49. The van der Waals surface area contributed by atoms with Crippen molar-refractivity contribution >= 4 is 0 Å². The van der Waals surface area contributed by atoms with Crippen molar-refractivity contribution in [3.05, 3.63) is 36.2 Å². The van der Waals surface area contributed by atoms with E-state index in [1.165, 1.54) is 6.33 Å². The van der Waals surface area contributed by atoms with Crippen molar-refractivity contribution in [2.45, 2.75) is 6.42 Å². The van der Waals surface area contributed by atoms with E-state index < -0.39 is 0 Å². The van der Waals surface area contributed by atoms with Gasteiger partial charge in [0.2, 0.25) is 0 Å². The van der Waals surface area contributed by atoms with Crippen LogP contribution in [0.2, 0.25) is 0 Å². The molecule has 14 heavy (non-hydrogen) atoms. The third-order valence-corrected chi connectivity index (χ3v) is 1.83. The van der Waals surface area contributed by atoms with Gasteiger partial charge < -0.3 is 0 Å². The average molecular weight is 185 g/mol. The number of nitriles is 1. The minimum atomic E-state index is 0.426. The van der Waals surface area contributed by atoms with Crippen LogP contribution < -0.4 is 0 Å². The summed E-state index contributed by atoms with van der Waals surface area (Å²) in [5.41, 5.74) is 1.88. The van der Waals surface area contributed by atoms with Crippen molar-refractivity contribution in [2.75, 3.05) is 0 Å². The monoisotopic (exact) mass is 185 g/mol. The predicted molar refractivity (Wildman–Crippen MR) is 48.5 cm³/mol. The molecule has 1 aromatic heterocycles. The van der Waals surface area contributed by atoms with E-state index in [9.17, 15) is 0 Å². The van der Waals surface area contributed by atoms with Gasteiger partial charge in [-0.1, -0.05) is 12.1 Å². The summed E-state index contributed by atoms with van der Waals surface area (Å²) >= 11 is 0. The molecule has 0 atom stereocenters. The van der Waals surface area contributed by atoms with E-state index >= 15 is 0 Å². The molecule has 0 aliphatic carbocycles. The smallest absolute Gasteiger partial charge is 0.143 e. The number of benzene rings is 1. The molecule has 0 aliphatic heterocycles. The lowest BCUT2D eigenvalue weighted by Crippen LogP contribution is -1.94. The summed E-state index contributed by atoms with van der Waals surface area (Å²) in [6.45, 7) is 0. The second-order valence-corrected chi connectivity index (χ2v) is 2.76. The second-order valence-electron chi connectivity index (χ2n) is 2.76. The van der Waals surface area contributed by atoms with Gasteiger partial charge in [-0.15, -0.1) is 5.10 Å². The Hall–Kier alpha value is -2.22. The molecule has 2 rings (SSSR count). The van der Waals surface area contributed by atoms with Gasteiger partial charge >= 0.3 is 0 Å². The van der Waals surface area contributed by atoms with Crippen LogP contribution in [0, 0.1) is 11.3 Å². The molecule has 0 amide bonds. The molecule has 2 aromatic rings. The van der Waals surface area contributed by atoms with E-state index in [0.29, 0.717) is 6.42 Å². The van der Waals surface area contributed by atoms with Crippen molar-refractivity contribution in [1.29, 1.82) is 5.26 Å². The Morgan fingerprint density at radius 1 is 1.29 bits per heavy atom. The minimum absolute atomic E-state index is 0.426. The Morgan fingerprint density at radius 2 is 2.07 bits per heavy atom. The molecule has 0 bridgehead atoms. The largest absolute Gasteiger partial charge is 0.201 e. The number of aromatic nitrogens is 4. The summed E-state index contributed by atoms with van der Waals surface area (Å²) in [6.07, 6.45) is 1.95. The van der Waals surface area contributed by atoms with Gasteiger partial charge in [-0.2, -0.15) is 5.26 Å². The number of tetrazole rings is 1. The molecule has 0 N–H and O–H groups in total. The number of rotatable bonds is 2. The quantitative estimate of drug-likeness (QED) is 0.691. The SMILES string of the molecule is N#CCc1ccc(-n2cnnn2)cc1. The zero-order chi connectivity index (χ0) is 9.80. The summed E-state index contributed by atoms with van der Waals surface area (Å²) in [4.78, 5) is 0. The van der Waals surface area contributed by atoms with Crippen LogP contribution in [0.25, 0.3) is 5.69 Å². The van der Waals surface area contributed by atoms with E-state index in [-0.39, 0.29) is 0 Å². The van der Waals surface area contributed by atoms with Gasteiger partial charge in [0.05, 0.1) is 18.2 Å². The summed E-state index contributed by atoms with van der Waals surface area (Å²) in [5.74, 6) is 0. The maximum absolute atomic E-state index is 8.49. The molecule has 5 heteroatoms. The second kappa shape index (κ2) is 3.66. The standard InChI is InChI=1S/C9H7N5/c10-6-5-8-1-3-9(4-2-8)14-7-11-12-13-14/h1-4,7H,5H2. The maximum Gasteiger partial charge on any atom is 0.143 e. The van der Waals surface area contributed by atoms with Gasteiger partial charge in [0.15, 0.2) is 0 Å². The van der Waals surface area contributed by atoms with Crippen molar-refractivity contribution in [2.24, 2.45) is 0 Å². The van der Waals surface area contributed by atoms with E-state index in [2.05, 4.69) is 21.6 Å². The summed E-state index contributed by atoms with van der Waals surface area (Å²) in [6, 6.07) is 9.63. The van der Waals surface area contributed by atoms with E-state index in [1.807, 2.05) is 24.3 Å².